The molecule has 5 rings (SSSR count). The zero-order valence-electron chi connectivity index (χ0n) is 18.3. The summed E-state index contributed by atoms with van der Waals surface area (Å²) in [6, 6.07) is 10.5. The van der Waals surface area contributed by atoms with Crippen molar-refractivity contribution in [2.24, 2.45) is 11.3 Å². The number of hydrogen-bond donors (Lipinski definition) is 0. The first-order valence-electron chi connectivity index (χ1n) is 11.8. The summed E-state index contributed by atoms with van der Waals surface area (Å²) < 4.78 is 12.1. The second kappa shape index (κ2) is 7.56. The first-order valence-corrected chi connectivity index (χ1v) is 11.8. The van der Waals surface area contributed by atoms with Crippen molar-refractivity contribution in [2.75, 3.05) is 26.3 Å². The molecule has 1 saturated heterocycles. The number of allylic oxidation sites excluding steroid dienone is 1. The van der Waals surface area contributed by atoms with Crippen molar-refractivity contribution in [3.63, 3.8) is 0 Å². The van der Waals surface area contributed by atoms with Crippen molar-refractivity contribution in [2.45, 2.75) is 57.9 Å². The number of benzene rings is 1. The summed E-state index contributed by atoms with van der Waals surface area (Å²) in [6.07, 6.45) is 9.29. The highest BCUT2D eigenvalue weighted by atomic mass is 16.5. The highest BCUT2D eigenvalue weighted by Gasteiger charge is 2.71. The monoisotopic (exact) mass is 407 g/mol. The lowest BCUT2D eigenvalue weighted by Gasteiger charge is -2.45. The zero-order chi connectivity index (χ0) is 20.8. The van der Waals surface area contributed by atoms with Gasteiger partial charge in [0.25, 0.3) is 0 Å². The molecule has 0 N–H and O–H groups in total. The lowest BCUT2D eigenvalue weighted by Crippen LogP contribution is -2.52. The summed E-state index contributed by atoms with van der Waals surface area (Å²) in [7, 11) is 0. The number of rotatable bonds is 6. The summed E-state index contributed by atoms with van der Waals surface area (Å²) in [5, 5.41) is 0. The minimum atomic E-state index is -0.390. The number of nitrogens with zero attached hydrogens (tertiary/aromatic N) is 1. The van der Waals surface area contributed by atoms with Crippen LogP contribution in [0.5, 0.6) is 0 Å². The van der Waals surface area contributed by atoms with Gasteiger partial charge in [-0.2, -0.15) is 0 Å². The van der Waals surface area contributed by atoms with Crippen LogP contribution >= 0.6 is 0 Å². The Morgan fingerprint density at radius 2 is 1.83 bits per heavy atom. The van der Waals surface area contributed by atoms with Gasteiger partial charge in [-0.05, 0) is 69.8 Å². The lowest BCUT2D eigenvalue weighted by molar-refractivity contribution is -0.139. The van der Waals surface area contributed by atoms with Crippen LogP contribution in [0.3, 0.4) is 0 Å². The van der Waals surface area contributed by atoms with Gasteiger partial charge in [0.05, 0.1) is 29.7 Å². The first kappa shape index (κ1) is 19.9. The van der Waals surface area contributed by atoms with Crippen LogP contribution in [0.1, 0.15) is 57.9 Å². The van der Waals surface area contributed by atoms with E-state index in [0.29, 0.717) is 19.1 Å². The molecule has 3 aliphatic carbocycles. The molecule has 4 aliphatic rings. The molecule has 0 amide bonds. The van der Waals surface area contributed by atoms with E-state index >= 15 is 0 Å². The third-order valence-electron chi connectivity index (χ3n) is 7.80. The van der Waals surface area contributed by atoms with Gasteiger partial charge in [0.15, 0.2) is 0 Å². The smallest absolute Gasteiger partial charge is 0.336 e. The number of ether oxygens (including phenoxy) is 2. The van der Waals surface area contributed by atoms with Crippen LogP contribution in [0.25, 0.3) is 5.57 Å². The predicted molar refractivity (Wildman–Crippen MR) is 118 cm³/mol. The highest BCUT2D eigenvalue weighted by molar-refractivity contribution is 6.06. The molecule has 1 saturated carbocycles. The quantitative estimate of drug-likeness (QED) is 0.625. The fourth-order valence-corrected chi connectivity index (χ4v) is 6.94. The van der Waals surface area contributed by atoms with Crippen LogP contribution in [0, 0.1) is 11.3 Å². The minimum absolute atomic E-state index is 0.135. The lowest BCUT2D eigenvalue weighted by atomic mass is 9.63. The van der Waals surface area contributed by atoms with E-state index in [1.165, 1.54) is 31.3 Å². The van der Waals surface area contributed by atoms with Gasteiger partial charge >= 0.3 is 5.97 Å². The number of carbonyl (C=O) groups excluding carboxylic acids is 1. The molecule has 30 heavy (non-hydrogen) atoms. The zero-order valence-corrected chi connectivity index (χ0v) is 18.3. The Kier molecular flexibility index (Phi) is 5.01. The Morgan fingerprint density at radius 1 is 1.07 bits per heavy atom. The second-order valence-corrected chi connectivity index (χ2v) is 9.07. The molecule has 3 atom stereocenters. The highest BCUT2D eigenvalue weighted by Crippen LogP contribution is 2.72. The van der Waals surface area contributed by atoms with E-state index in [1.54, 1.807) is 0 Å². The van der Waals surface area contributed by atoms with Gasteiger partial charge in [-0.3, -0.25) is 4.90 Å². The number of esters is 1. The molecule has 0 spiro atoms. The molecule has 0 aromatic heterocycles. The van der Waals surface area contributed by atoms with Gasteiger partial charge in [-0.15, -0.1) is 0 Å². The fourth-order valence-electron chi connectivity index (χ4n) is 6.94. The molecule has 160 valence electrons. The second-order valence-electron chi connectivity index (χ2n) is 9.07. The van der Waals surface area contributed by atoms with Crippen LogP contribution in [0.2, 0.25) is 0 Å². The molecule has 1 aliphatic heterocycles. The Balaban J connectivity index is 1.81. The average molecular weight is 408 g/mol. The number of carbonyl (C=O) groups is 1. The van der Waals surface area contributed by atoms with E-state index in [9.17, 15) is 4.79 Å². The molecule has 0 unspecified atom stereocenters. The van der Waals surface area contributed by atoms with Gasteiger partial charge < -0.3 is 9.47 Å². The van der Waals surface area contributed by atoms with Crippen LogP contribution in [-0.2, 0) is 14.3 Å². The predicted octanol–water partition coefficient (Wildman–Crippen LogP) is 4.96. The van der Waals surface area contributed by atoms with E-state index in [4.69, 9.17) is 9.47 Å². The molecular formula is C26H33NO3. The summed E-state index contributed by atoms with van der Waals surface area (Å²) in [5.74, 6) is 1.32. The molecule has 4 nitrogen and oxygen atoms in total. The largest absolute Gasteiger partial charge is 0.498 e. The maximum Gasteiger partial charge on any atom is 0.336 e. The van der Waals surface area contributed by atoms with E-state index < -0.39 is 5.54 Å². The maximum absolute atomic E-state index is 13.6. The molecule has 0 radical (unpaired) electrons. The van der Waals surface area contributed by atoms with Gasteiger partial charge in [-0.1, -0.05) is 43.2 Å². The van der Waals surface area contributed by atoms with E-state index in [1.807, 2.05) is 13.0 Å². The first-order chi connectivity index (χ1) is 14.7. The Labute approximate surface area is 179 Å². The van der Waals surface area contributed by atoms with Crippen LogP contribution < -0.4 is 0 Å². The normalized spacial score (nSPS) is 32.9. The molecule has 1 aromatic carbocycles. The van der Waals surface area contributed by atoms with Crippen molar-refractivity contribution in [1.29, 1.82) is 0 Å². The topological polar surface area (TPSA) is 38.8 Å². The van der Waals surface area contributed by atoms with Crippen LogP contribution in [0.15, 0.2) is 47.7 Å². The number of likely N-dealkylation sites (tertiary alicyclic amines) is 1. The van der Waals surface area contributed by atoms with E-state index in [-0.39, 0.29) is 11.4 Å². The molecule has 4 heteroatoms. The van der Waals surface area contributed by atoms with E-state index in [0.717, 1.165) is 42.8 Å². The van der Waals surface area contributed by atoms with E-state index in [2.05, 4.69) is 42.2 Å². The summed E-state index contributed by atoms with van der Waals surface area (Å²) in [5.41, 5.74) is 2.63. The maximum atomic E-state index is 13.6. The summed E-state index contributed by atoms with van der Waals surface area (Å²) >= 11 is 0. The molecule has 2 fully saturated rings. The molecule has 2 bridgehead atoms. The number of hydrogen-bond acceptors (Lipinski definition) is 4. The SMILES string of the molecule is CCOC(=O)C1=C(c2ccccc2)[C@]23CCCC[C@H]2[C@@]1(N1CCCC1)C=C3OCC. The van der Waals surface area contributed by atoms with Crippen LogP contribution in [0.4, 0.5) is 0 Å². The van der Waals surface area contributed by atoms with Crippen molar-refractivity contribution < 1.29 is 14.3 Å². The summed E-state index contributed by atoms with van der Waals surface area (Å²) in [6.45, 7) is 7.11. The standard InChI is InChI=1S/C26H33NO3/c1-3-29-21-18-26(27-16-10-11-17-27)20-14-8-9-15-25(20,21)22(19-12-6-5-7-13-19)23(26)24(28)30-4-2/h5-7,12-13,18,20H,3-4,8-11,14-17H2,1-2H3/t20-,25-,26+/m1/s1. The Bertz CT molecular complexity index is 883. The molecular weight excluding hydrogens is 374 g/mol. The van der Waals surface area contributed by atoms with Crippen LogP contribution in [-0.4, -0.2) is 42.7 Å². The van der Waals surface area contributed by atoms with Gasteiger partial charge in [-0.25, -0.2) is 4.79 Å². The third kappa shape index (κ3) is 2.52. The summed E-state index contributed by atoms with van der Waals surface area (Å²) in [4.78, 5) is 16.2. The fraction of sp³-hybridized carbons (Fsp3) is 0.577. The molecule has 1 aromatic rings. The van der Waals surface area contributed by atoms with Gasteiger partial charge in [0, 0.05) is 5.92 Å². The third-order valence-corrected chi connectivity index (χ3v) is 7.80. The van der Waals surface area contributed by atoms with Crippen molar-refractivity contribution in [1.82, 2.24) is 4.90 Å². The Hall–Kier alpha value is -2.07. The minimum Gasteiger partial charge on any atom is -0.498 e. The molecule has 1 heterocycles. The van der Waals surface area contributed by atoms with Gasteiger partial charge in [0.2, 0.25) is 0 Å². The average Bonchev–Trinajstić information content (AvgIpc) is 3.45. The van der Waals surface area contributed by atoms with Crippen molar-refractivity contribution in [3.8, 4) is 0 Å². The van der Waals surface area contributed by atoms with Crippen molar-refractivity contribution in [3.05, 3.63) is 53.3 Å². The Morgan fingerprint density at radius 3 is 2.53 bits per heavy atom. The van der Waals surface area contributed by atoms with Crippen molar-refractivity contribution >= 4 is 11.5 Å². The van der Waals surface area contributed by atoms with Gasteiger partial charge in [0.1, 0.15) is 5.76 Å².